The van der Waals surface area contributed by atoms with Crippen LogP contribution in [0.25, 0.3) is 0 Å². The van der Waals surface area contributed by atoms with Gasteiger partial charge in [-0.25, -0.2) is 9.78 Å². The Hall–Kier alpha value is -1.62. The highest BCUT2D eigenvalue weighted by Gasteiger charge is 2.35. The minimum absolute atomic E-state index is 0.0820. The molecule has 0 bridgehead atoms. The zero-order valence-corrected chi connectivity index (χ0v) is 15.4. The molecular formula is C20H31N3O2. The van der Waals surface area contributed by atoms with E-state index in [0.717, 1.165) is 24.8 Å². The van der Waals surface area contributed by atoms with Gasteiger partial charge in [0.15, 0.2) is 0 Å². The Labute approximate surface area is 150 Å². The lowest BCUT2D eigenvalue weighted by Gasteiger charge is -2.42. The quantitative estimate of drug-likeness (QED) is 0.769. The van der Waals surface area contributed by atoms with Crippen molar-refractivity contribution >= 4 is 11.8 Å². The van der Waals surface area contributed by atoms with E-state index >= 15 is 0 Å². The van der Waals surface area contributed by atoms with Crippen molar-refractivity contribution in [3.63, 3.8) is 0 Å². The fourth-order valence-electron chi connectivity index (χ4n) is 4.32. The molecule has 0 spiro atoms. The van der Waals surface area contributed by atoms with Gasteiger partial charge in [0.25, 0.3) is 0 Å². The second-order valence-electron chi connectivity index (χ2n) is 7.55. The topological polar surface area (TPSA) is 63.2 Å². The monoisotopic (exact) mass is 345 g/mol. The van der Waals surface area contributed by atoms with Gasteiger partial charge in [-0.15, -0.1) is 0 Å². The maximum absolute atomic E-state index is 11.8. The van der Waals surface area contributed by atoms with Crippen LogP contribution in [0.15, 0.2) is 18.3 Å². The third-order valence-electron chi connectivity index (χ3n) is 5.54. The van der Waals surface area contributed by atoms with Crippen LogP contribution < -0.4 is 10.6 Å². The Morgan fingerprint density at radius 3 is 2.80 bits per heavy atom. The van der Waals surface area contributed by atoms with Crippen molar-refractivity contribution in [1.82, 2.24) is 10.3 Å². The van der Waals surface area contributed by atoms with E-state index in [9.17, 15) is 4.79 Å². The lowest BCUT2D eigenvalue weighted by atomic mass is 9.76. The molecule has 1 aromatic rings. The van der Waals surface area contributed by atoms with E-state index in [2.05, 4.69) is 15.6 Å². The first kappa shape index (κ1) is 18.2. The first-order valence-corrected chi connectivity index (χ1v) is 9.83. The molecule has 0 amide bonds. The zero-order valence-electron chi connectivity index (χ0n) is 15.4. The number of carbonyl (C=O) groups excluding carboxylic acids is 1. The molecular weight excluding hydrogens is 314 g/mol. The van der Waals surface area contributed by atoms with Crippen LogP contribution in [-0.2, 0) is 4.74 Å². The number of carbonyl (C=O) groups is 1. The van der Waals surface area contributed by atoms with Gasteiger partial charge in [0.2, 0.25) is 0 Å². The van der Waals surface area contributed by atoms with Crippen molar-refractivity contribution in [2.45, 2.75) is 63.8 Å². The predicted molar refractivity (Wildman–Crippen MR) is 99.8 cm³/mol. The van der Waals surface area contributed by atoms with E-state index in [-0.39, 0.29) is 11.5 Å². The highest BCUT2D eigenvalue weighted by molar-refractivity contribution is 5.89. The van der Waals surface area contributed by atoms with Crippen LogP contribution in [0.3, 0.4) is 0 Å². The summed E-state index contributed by atoms with van der Waals surface area (Å²) in [6, 6.07) is 3.71. The summed E-state index contributed by atoms with van der Waals surface area (Å²) in [5.74, 6) is 1.37. The second-order valence-corrected chi connectivity index (χ2v) is 7.55. The molecule has 1 aliphatic carbocycles. The van der Waals surface area contributed by atoms with Gasteiger partial charge in [0.05, 0.1) is 17.7 Å². The minimum atomic E-state index is -0.308. The van der Waals surface area contributed by atoms with E-state index in [1.165, 1.54) is 51.4 Å². The molecule has 3 rings (SSSR count). The molecule has 0 radical (unpaired) electrons. The maximum atomic E-state index is 11.8. The van der Waals surface area contributed by atoms with E-state index < -0.39 is 0 Å². The average Bonchev–Trinajstić information content (AvgIpc) is 2.64. The van der Waals surface area contributed by atoms with Gasteiger partial charge < -0.3 is 15.4 Å². The minimum Gasteiger partial charge on any atom is -0.462 e. The van der Waals surface area contributed by atoms with Crippen molar-refractivity contribution in [3.8, 4) is 0 Å². The molecule has 1 saturated heterocycles. The van der Waals surface area contributed by atoms with Crippen molar-refractivity contribution in [2.75, 3.05) is 25.0 Å². The second kappa shape index (κ2) is 8.65. The molecule has 2 aliphatic rings. The molecule has 2 N–H and O–H groups in total. The Morgan fingerprint density at radius 1 is 1.32 bits per heavy atom. The zero-order chi connectivity index (χ0) is 17.5. The molecule has 5 heteroatoms. The summed E-state index contributed by atoms with van der Waals surface area (Å²) in [6.45, 7) is 4.29. The molecule has 1 atom stereocenters. The number of ether oxygens (including phenoxy) is 1. The van der Waals surface area contributed by atoms with E-state index in [1.54, 1.807) is 12.3 Å². The van der Waals surface area contributed by atoms with E-state index in [1.807, 2.05) is 13.0 Å². The summed E-state index contributed by atoms with van der Waals surface area (Å²) in [7, 11) is 0. The molecule has 5 nitrogen and oxygen atoms in total. The number of esters is 1. The number of nitrogens with one attached hydrogen (secondary N) is 2. The average molecular weight is 345 g/mol. The fourth-order valence-corrected chi connectivity index (χ4v) is 4.32. The smallest absolute Gasteiger partial charge is 0.339 e. The number of aromatic nitrogens is 1. The standard InChI is InChI=1S/C20H31N3O2/c1-2-25-19(24)17-9-10-18(22-14-17)23-20(11-6-12-21-15-20)13-16-7-4-3-5-8-16/h9-10,14,16,21H,2-8,11-13,15H2,1H3,(H,22,23)/t20-/m0/s1. The summed E-state index contributed by atoms with van der Waals surface area (Å²) in [4.78, 5) is 16.3. The summed E-state index contributed by atoms with van der Waals surface area (Å²) in [6.07, 6.45) is 12.1. The predicted octanol–water partition coefficient (Wildman–Crippen LogP) is 3.76. The molecule has 2 fully saturated rings. The molecule has 25 heavy (non-hydrogen) atoms. The number of hydrogen-bond donors (Lipinski definition) is 2. The molecule has 1 aliphatic heterocycles. The third kappa shape index (κ3) is 4.94. The van der Waals surface area contributed by atoms with Crippen LogP contribution in [0, 0.1) is 5.92 Å². The molecule has 0 unspecified atom stereocenters. The van der Waals surface area contributed by atoms with Gasteiger partial charge in [0, 0.05) is 12.7 Å². The van der Waals surface area contributed by atoms with Crippen LogP contribution in [0.5, 0.6) is 0 Å². The Morgan fingerprint density at radius 2 is 2.16 bits per heavy atom. The Kier molecular flexibility index (Phi) is 6.29. The van der Waals surface area contributed by atoms with Crippen molar-refractivity contribution in [2.24, 2.45) is 5.92 Å². The van der Waals surface area contributed by atoms with Crippen molar-refractivity contribution < 1.29 is 9.53 Å². The largest absolute Gasteiger partial charge is 0.462 e. The van der Waals surface area contributed by atoms with Gasteiger partial charge in [-0.1, -0.05) is 32.1 Å². The number of rotatable bonds is 6. The lowest BCUT2D eigenvalue weighted by Crippen LogP contribution is -2.52. The number of hydrogen-bond acceptors (Lipinski definition) is 5. The molecule has 1 aromatic heterocycles. The van der Waals surface area contributed by atoms with Crippen LogP contribution in [0.4, 0.5) is 5.82 Å². The molecule has 2 heterocycles. The molecule has 138 valence electrons. The van der Waals surface area contributed by atoms with Gasteiger partial charge in [0.1, 0.15) is 5.82 Å². The first-order valence-electron chi connectivity index (χ1n) is 9.83. The van der Waals surface area contributed by atoms with Crippen LogP contribution in [0.1, 0.15) is 68.6 Å². The SMILES string of the molecule is CCOC(=O)c1ccc(N[C@]2(CC3CCCCC3)CCCNC2)nc1. The number of nitrogens with zero attached hydrogens (tertiary/aromatic N) is 1. The van der Waals surface area contributed by atoms with Crippen molar-refractivity contribution in [1.29, 1.82) is 0 Å². The normalized spacial score (nSPS) is 24.7. The molecule has 1 saturated carbocycles. The number of anilines is 1. The van der Waals surface area contributed by atoms with Crippen LogP contribution >= 0.6 is 0 Å². The Balaban J connectivity index is 1.68. The summed E-state index contributed by atoms with van der Waals surface area (Å²) in [5, 5.41) is 7.28. The number of piperidine rings is 1. The Bertz CT molecular complexity index is 547. The van der Waals surface area contributed by atoms with Gasteiger partial charge in [-0.2, -0.15) is 0 Å². The third-order valence-corrected chi connectivity index (χ3v) is 5.54. The van der Waals surface area contributed by atoms with Gasteiger partial charge >= 0.3 is 5.97 Å². The van der Waals surface area contributed by atoms with Crippen LogP contribution in [0.2, 0.25) is 0 Å². The fraction of sp³-hybridized carbons (Fsp3) is 0.700. The van der Waals surface area contributed by atoms with E-state index in [4.69, 9.17) is 4.74 Å². The highest BCUT2D eigenvalue weighted by atomic mass is 16.5. The summed E-state index contributed by atoms with van der Waals surface area (Å²) >= 11 is 0. The van der Waals surface area contributed by atoms with Crippen LogP contribution in [-0.4, -0.2) is 36.2 Å². The summed E-state index contributed by atoms with van der Waals surface area (Å²) in [5.41, 5.74) is 0.592. The van der Waals surface area contributed by atoms with E-state index in [0.29, 0.717) is 12.2 Å². The first-order chi connectivity index (χ1) is 12.2. The lowest BCUT2D eigenvalue weighted by molar-refractivity contribution is 0.0526. The highest BCUT2D eigenvalue weighted by Crippen LogP contribution is 2.35. The van der Waals surface area contributed by atoms with Gasteiger partial charge in [-0.3, -0.25) is 0 Å². The molecule has 0 aromatic carbocycles. The maximum Gasteiger partial charge on any atom is 0.339 e. The van der Waals surface area contributed by atoms with Crippen molar-refractivity contribution in [3.05, 3.63) is 23.9 Å². The van der Waals surface area contributed by atoms with Gasteiger partial charge in [-0.05, 0) is 50.8 Å². The number of pyridine rings is 1. The summed E-state index contributed by atoms with van der Waals surface area (Å²) < 4.78 is 5.03.